The van der Waals surface area contributed by atoms with Gasteiger partial charge in [0, 0.05) is 19.2 Å². The maximum absolute atomic E-state index is 12.4. The number of carbonyl (C=O) groups excluding carboxylic acids is 1. The highest BCUT2D eigenvalue weighted by molar-refractivity contribution is 8.00. The lowest BCUT2D eigenvalue weighted by molar-refractivity contribution is -0.120. The number of rotatable bonds is 7. The smallest absolute Gasteiger partial charge is 0.233 e. The Morgan fingerprint density at radius 2 is 2.36 bits per heavy atom. The summed E-state index contributed by atoms with van der Waals surface area (Å²) < 4.78 is 7.77. The van der Waals surface area contributed by atoms with Crippen LogP contribution in [0.4, 0.5) is 0 Å². The summed E-state index contributed by atoms with van der Waals surface area (Å²) in [6.07, 6.45) is 4.59. The Labute approximate surface area is 155 Å². The van der Waals surface area contributed by atoms with E-state index in [4.69, 9.17) is 4.74 Å². The minimum absolute atomic E-state index is 0.0310. The van der Waals surface area contributed by atoms with Crippen LogP contribution in [0, 0.1) is 0 Å². The van der Waals surface area contributed by atoms with Crippen molar-refractivity contribution >= 4 is 29.0 Å². The summed E-state index contributed by atoms with van der Waals surface area (Å²) in [5.74, 6) is 0.954. The van der Waals surface area contributed by atoms with E-state index in [0.29, 0.717) is 12.6 Å². The third-order valence-corrected chi connectivity index (χ3v) is 6.42. The molecule has 1 aliphatic heterocycles. The van der Waals surface area contributed by atoms with Crippen molar-refractivity contribution < 1.29 is 9.53 Å². The van der Waals surface area contributed by atoms with E-state index in [0.717, 1.165) is 48.1 Å². The highest BCUT2D eigenvalue weighted by Crippen LogP contribution is 2.42. The number of hydrogen-bond acceptors (Lipinski definition) is 6. The SMILES string of the molecule is C[C@@H](Sc1nnc(-c2cccs2)n1C1CC1)C(=O)NC[C@@H]1CCCO1. The van der Waals surface area contributed by atoms with Gasteiger partial charge < -0.3 is 10.1 Å². The van der Waals surface area contributed by atoms with E-state index in [1.807, 2.05) is 13.0 Å². The van der Waals surface area contributed by atoms with Gasteiger partial charge in [0.1, 0.15) is 0 Å². The lowest BCUT2D eigenvalue weighted by Gasteiger charge is -2.15. The average molecular weight is 379 g/mol. The van der Waals surface area contributed by atoms with Gasteiger partial charge in [-0.05, 0) is 44.1 Å². The summed E-state index contributed by atoms with van der Waals surface area (Å²) >= 11 is 3.16. The van der Waals surface area contributed by atoms with Crippen molar-refractivity contribution in [3.05, 3.63) is 17.5 Å². The lowest BCUT2D eigenvalue weighted by atomic mass is 10.2. The number of nitrogens with one attached hydrogen (secondary N) is 1. The van der Waals surface area contributed by atoms with Crippen LogP contribution in [-0.2, 0) is 9.53 Å². The first kappa shape index (κ1) is 17.1. The van der Waals surface area contributed by atoms with Crippen LogP contribution >= 0.6 is 23.1 Å². The van der Waals surface area contributed by atoms with Crippen molar-refractivity contribution in [1.29, 1.82) is 0 Å². The van der Waals surface area contributed by atoms with E-state index in [9.17, 15) is 4.79 Å². The first-order chi connectivity index (χ1) is 12.2. The summed E-state index contributed by atoms with van der Waals surface area (Å²) in [5, 5.41) is 14.4. The zero-order valence-corrected chi connectivity index (χ0v) is 15.8. The molecule has 1 amide bonds. The molecule has 0 unspecified atom stereocenters. The summed E-state index contributed by atoms with van der Waals surface area (Å²) in [6.45, 7) is 3.33. The molecule has 2 aliphatic rings. The second-order valence-corrected chi connectivity index (χ2v) is 8.78. The predicted molar refractivity (Wildman–Crippen MR) is 98.9 cm³/mol. The molecule has 25 heavy (non-hydrogen) atoms. The van der Waals surface area contributed by atoms with Crippen molar-refractivity contribution in [3.8, 4) is 10.7 Å². The number of aromatic nitrogens is 3. The van der Waals surface area contributed by atoms with Gasteiger partial charge in [0.15, 0.2) is 11.0 Å². The lowest BCUT2D eigenvalue weighted by Crippen LogP contribution is -2.36. The van der Waals surface area contributed by atoms with Crippen LogP contribution in [0.25, 0.3) is 10.7 Å². The average Bonchev–Trinajstić information content (AvgIpc) is 3.05. The number of hydrogen-bond donors (Lipinski definition) is 1. The van der Waals surface area contributed by atoms with Crippen molar-refractivity contribution in [3.63, 3.8) is 0 Å². The standard InChI is InChI=1S/C17H22N4O2S2/c1-11(16(22)18-10-13-4-2-8-23-13)25-17-20-19-15(14-5-3-9-24-14)21(17)12-6-7-12/h3,5,9,11-13H,2,4,6-8,10H2,1H3,(H,18,22)/t11-,13+/m1/s1. The van der Waals surface area contributed by atoms with E-state index in [1.165, 1.54) is 11.8 Å². The molecule has 0 bridgehead atoms. The molecule has 4 rings (SSSR count). The van der Waals surface area contributed by atoms with Gasteiger partial charge in [-0.25, -0.2) is 0 Å². The van der Waals surface area contributed by atoms with E-state index in [1.54, 1.807) is 11.3 Å². The molecule has 3 heterocycles. The van der Waals surface area contributed by atoms with Crippen LogP contribution in [0.15, 0.2) is 22.7 Å². The number of ether oxygens (including phenoxy) is 1. The number of nitrogens with zero attached hydrogens (tertiary/aromatic N) is 3. The fourth-order valence-corrected chi connectivity index (χ4v) is 4.62. The van der Waals surface area contributed by atoms with Gasteiger partial charge in [-0.3, -0.25) is 9.36 Å². The predicted octanol–water partition coefficient (Wildman–Crippen LogP) is 3.12. The van der Waals surface area contributed by atoms with Crippen LogP contribution in [0.5, 0.6) is 0 Å². The number of thiophene rings is 1. The Hall–Kier alpha value is -1.38. The van der Waals surface area contributed by atoms with Gasteiger partial charge >= 0.3 is 0 Å². The summed E-state index contributed by atoms with van der Waals surface area (Å²) in [5.41, 5.74) is 0. The highest BCUT2D eigenvalue weighted by atomic mass is 32.2. The Morgan fingerprint density at radius 1 is 1.48 bits per heavy atom. The van der Waals surface area contributed by atoms with Gasteiger partial charge in [-0.1, -0.05) is 17.8 Å². The number of amides is 1. The molecular formula is C17H22N4O2S2. The Morgan fingerprint density at radius 3 is 3.04 bits per heavy atom. The fraction of sp³-hybridized carbons (Fsp3) is 0.588. The Bertz CT molecular complexity index is 721. The van der Waals surface area contributed by atoms with Gasteiger partial charge in [-0.15, -0.1) is 21.5 Å². The third kappa shape index (κ3) is 3.91. The molecule has 8 heteroatoms. The molecule has 2 aromatic rings. The Kier molecular flexibility index (Phi) is 5.10. The zero-order chi connectivity index (χ0) is 17.2. The first-order valence-corrected chi connectivity index (χ1v) is 10.5. The summed E-state index contributed by atoms with van der Waals surface area (Å²) in [6, 6.07) is 4.57. The second-order valence-electron chi connectivity index (χ2n) is 6.52. The third-order valence-electron chi connectivity index (χ3n) is 4.50. The molecule has 2 fully saturated rings. The van der Waals surface area contributed by atoms with E-state index >= 15 is 0 Å². The molecular weight excluding hydrogens is 356 g/mol. The zero-order valence-electron chi connectivity index (χ0n) is 14.2. The summed E-state index contributed by atoms with van der Waals surface area (Å²) in [4.78, 5) is 13.5. The van der Waals surface area contributed by atoms with Crippen LogP contribution in [-0.4, -0.2) is 45.2 Å². The second kappa shape index (κ2) is 7.47. The number of thioether (sulfide) groups is 1. The van der Waals surface area contributed by atoms with Crippen molar-refractivity contribution in [2.45, 2.75) is 55.2 Å². The molecule has 2 atom stereocenters. The van der Waals surface area contributed by atoms with Crippen LogP contribution in [0.1, 0.15) is 38.6 Å². The van der Waals surface area contributed by atoms with Gasteiger partial charge in [0.05, 0.1) is 16.2 Å². The van der Waals surface area contributed by atoms with E-state index < -0.39 is 0 Å². The van der Waals surface area contributed by atoms with Crippen LogP contribution in [0.2, 0.25) is 0 Å². The minimum atomic E-state index is -0.209. The van der Waals surface area contributed by atoms with Gasteiger partial charge in [0.2, 0.25) is 5.91 Å². The minimum Gasteiger partial charge on any atom is -0.376 e. The van der Waals surface area contributed by atoms with Crippen LogP contribution in [0.3, 0.4) is 0 Å². The molecule has 2 aromatic heterocycles. The quantitative estimate of drug-likeness (QED) is 0.750. The molecule has 1 saturated carbocycles. The molecule has 0 spiro atoms. The maximum atomic E-state index is 12.4. The fourth-order valence-electron chi connectivity index (χ4n) is 2.97. The molecule has 1 saturated heterocycles. The molecule has 0 aromatic carbocycles. The molecule has 1 aliphatic carbocycles. The molecule has 0 radical (unpaired) electrons. The van der Waals surface area contributed by atoms with Crippen LogP contribution < -0.4 is 5.32 Å². The monoisotopic (exact) mass is 378 g/mol. The van der Waals surface area contributed by atoms with E-state index in [2.05, 4.69) is 31.5 Å². The maximum Gasteiger partial charge on any atom is 0.233 e. The topological polar surface area (TPSA) is 69.0 Å². The molecule has 6 nitrogen and oxygen atoms in total. The first-order valence-electron chi connectivity index (χ1n) is 8.77. The normalized spacial score (nSPS) is 21.4. The Balaban J connectivity index is 1.42. The van der Waals surface area contributed by atoms with E-state index in [-0.39, 0.29) is 17.3 Å². The van der Waals surface area contributed by atoms with Crippen molar-refractivity contribution in [2.24, 2.45) is 0 Å². The highest BCUT2D eigenvalue weighted by Gasteiger charge is 2.31. The van der Waals surface area contributed by atoms with Crippen molar-refractivity contribution in [1.82, 2.24) is 20.1 Å². The molecule has 1 N–H and O–H groups in total. The number of carbonyl (C=O) groups is 1. The van der Waals surface area contributed by atoms with Crippen molar-refractivity contribution in [2.75, 3.05) is 13.2 Å². The van der Waals surface area contributed by atoms with Gasteiger partial charge in [0.25, 0.3) is 0 Å². The van der Waals surface area contributed by atoms with Gasteiger partial charge in [-0.2, -0.15) is 0 Å². The molecule has 134 valence electrons. The largest absolute Gasteiger partial charge is 0.376 e. The summed E-state index contributed by atoms with van der Waals surface area (Å²) in [7, 11) is 0.